The maximum absolute atomic E-state index is 12.8. The van der Waals surface area contributed by atoms with Crippen molar-refractivity contribution in [1.82, 2.24) is 14.5 Å². The topological polar surface area (TPSA) is 69.7 Å². The van der Waals surface area contributed by atoms with Gasteiger partial charge in [-0.2, -0.15) is 4.31 Å². The minimum absolute atomic E-state index is 0.0507. The molecule has 1 atom stereocenters. The van der Waals surface area contributed by atoms with Gasteiger partial charge in [-0.3, -0.25) is 4.79 Å². The van der Waals surface area contributed by atoms with Gasteiger partial charge in [0.25, 0.3) is 5.91 Å². The molecule has 1 fully saturated rings. The first-order valence-corrected chi connectivity index (χ1v) is 9.80. The summed E-state index contributed by atoms with van der Waals surface area (Å²) in [4.78, 5) is 14.7. The highest BCUT2D eigenvalue weighted by molar-refractivity contribution is 7.89. The van der Waals surface area contributed by atoms with Gasteiger partial charge in [-0.15, -0.1) is 0 Å². The molecule has 134 valence electrons. The molecule has 1 N–H and O–H groups in total. The van der Waals surface area contributed by atoms with Gasteiger partial charge in [0, 0.05) is 37.8 Å². The number of nitrogens with zero attached hydrogens (tertiary/aromatic N) is 2. The van der Waals surface area contributed by atoms with Crippen LogP contribution in [0.25, 0.3) is 0 Å². The highest BCUT2D eigenvalue weighted by atomic mass is 32.2. The first kappa shape index (κ1) is 18.9. The second kappa shape index (κ2) is 7.63. The Balaban J connectivity index is 2.28. The maximum Gasteiger partial charge on any atom is 0.251 e. The molecule has 0 bridgehead atoms. The van der Waals surface area contributed by atoms with Crippen LogP contribution in [0.1, 0.15) is 36.2 Å². The molecule has 0 unspecified atom stereocenters. The Labute approximate surface area is 144 Å². The number of carbonyl (C=O) groups is 1. The standard InChI is InChI=1S/C17H27N3O3S/c1-5-14(3)18-17(21)16-12-15(7-6-13(16)2)24(22,23)20-10-8-19(4)9-11-20/h6-7,12,14H,5,8-11H2,1-4H3,(H,18,21)/t14-/m0/s1. The Bertz CT molecular complexity index is 695. The lowest BCUT2D eigenvalue weighted by Gasteiger charge is -2.31. The number of amides is 1. The molecule has 1 amide bonds. The van der Waals surface area contributed by atoms with E-state index in [0.29, 0.717) is 31.7 Å². The summed E-state index contributed by atoms with van der Waals surface area (Å²) in [5.74, 6) is -0.225. The Morgan fingerprint density at radius 1 is 1.25 bits per heavy atom. The van der Waals surface area contributed by atoms with Crippen molar-refractivity contribution in [2.45, 2.75) is 38.1 Å². The molecule has 1 aliphatic heterocycles. The molecule has 7 heteroatoms. The highest BCUT2D eigenvalue weighted by Crippen LogP contribution is 2.21. The number of hydrogen-bond donors (Lipinski definition) is 1. The lowest BCUT2D eigenvalue weighted by atomic mass is 10.1. The van der Waals surface area contributed by atoms with E-state index in [4.69, 9.17) is 0 Å². The van der Waals surface area contributed by atoms with Gasteiger partial charge < -0.3 is 10.2 Å². The van der Waals surface area contributed by atoms with Gasteiger partial charge in [0.1, 0.15) is 0 Å². The molecule has 1 saturated heterocycles. The average molecular weight is 353 g/mol. The van der Waals surface area contributed by atoms with Crippen LogP contribution >= 0.6 is 0 Å². The summed E-state index contributed by atoms with van der Waals surface area (Å²) in [6.07, 6.45) is 0.823. The highest BCUT2D eigenvalue weighted by Gasteiger charge is 2.28. The molecule has 1 aromatic rings. The number of rotatable bonds is 5. The summed E-state index contributed by atoms with van der Waals surface area (Å²) in [6.45, 7) is 8.11. The van der Waals surface area contributed by atoms with Gasteiger partial charge in [0.15, 0.2) is 0 Å². The molecule has 0 spiro atoms. The van der Waals surface area contributed by atoms with Crippen molar-refractivity contribution in [3.63, 3.8) is 0 Å². The molecule has 1 aromatic carbocycles. The van der Waals surface area contributed by atoms with E-state index < -0.39 is 10.0 Å². The summed E-state index contributed by atoms with van der Waals surface area (Å²) in [5, 5.41) is 2.90. The van der Waals surface area contributed by atoms with Crippen LogP contribution in [0.15, 0.2) is 23.1 Å². The summed E-state index contributed by atoms with van der Waals surface area (Å²) in [5.41, 5.74) is 1.19. The zero-order valence-corrected chi connectivity index (χ0v) is 15.7. The first-order chi connectivity index (χ1) is 11.3. The lowest BCUT2D eigenvalue weighted by Crippen LogP contribution is -2.47. The van der Waals surface area contributed by atoms with Crippen LogP contribution in [0.4, 0.5) is 0 Å². The fraction of sp³-hybridized carbons (Fsp3) is 0.588. The number of sulfonamides is 1. The summed E-state index contributed by atoms with van der Waals surface area (Å²) in [7, 11) is -1.59. The van der Waals surface area contributed by atoms with E-state index >= 15 is 0 Å². The summed E-state index contributed by atoms with van der Waals surface area (Å²) in [6, 6.07) is 4.84. The van der Waals surface area contributed by atoms with E-state index in [2.05, 4.69) is 10.2 Å². The molecular formula is C17H27N3O3S. The van der Waals surface area contributed by atoms with E-state index in [1.807, 2.05) is 27.8 Å². The minimum Gasteiger partial charge on any atom is -0.350 e. The molecule has 0 radical (unpaired) electrons. The van der Waals surface area contributed by atoms with Crippen LogP contribution < -0.4 is 5.32 Å². The van der Waals surface area contributed by atoms with Gasteiger partial charge in [-0.05, 0) is 45.0 Å². The number of benzene rings is 1. The van der Waals surface area contributed by atoms with Crippen LogP contribution in [-0.2, 0) is 10.0 Å². The van der Waals surface area contributed by atoms with Crippen molar-refractivity contribution in [2.75, 3.05) is 33.2 Å². The third kappa shape index (κ3) is 4.15. The SMILES string of the molecule is CC[C@H](C)NC(=O)c1cc(S(=O)(=O)N2CCN(C)CC2)ccc1C. The van der Waals surface area contributed by atoms with Gasteiger partial charge in [0.2, 0.25) is 10.0 Å². The van der Waals surface area contributed by atoms with Crippen LogP contribution in [0.5, 0.6) is 0 Å². The third-order valence-electron chi connectivity index (χ3n) is 4.54. The second-order valence-corrected chi connectivity index (χ2v) is 8.40. The number of nitrogens with one attached hydrogen (secondary N) is 1. The Hall–Kier alpha value is -1.44. The van der Waals surface area contributed by atoms with Crippen LogP contribution in [0, 0.1) is 6.92 Å². The largest absolute Gasteiger partial charge is 0.350 e. The Morgan fingerprint density at radius 3 is 2.46 bits per heavy atom. The van der Waals surface area contributed by atoms with E-state index in [-0.39, 0.29) is 16.8 Å². The van der Waals surface area contributed by atoms with Crippen molar-refractivity contribution in [2.24, 2.45) is 0 Å². The number of hydrogen-bond acceptors (Lipinski definition) is 4. The van der Waals surface area contributed by atoms with E-state index in [9.17, 15) is 13.2 Å². The number of likely N-dealkylation sites (N-methyl/N-ethyl adjacent to an activating group) is 1. The van der Waals surface area contributed by atoms with Crippen LogP contribution in [-0.4, -0.2) is 62.8 Å². The maximum atomic E-state index is 12.8. The number of aryl methyl sites for hydroxylation is 1. The molecule has 6 nitrogen and oxygen atoms in total. The van der Waals surface area contributed by atoms with Crippen molar-refractivity contribution in [1.29, 1.82) is 0 Å². The summed E-state index contributed by atoms with van der Waals surface area (Å²) < 4.78 is 27.2. The summed E-state index contributed by atoms with van der Waals surface area (Å²) >= 11 is 0. The number of piperazine rings is 1. The molecule has 1 aliphatic rings. The van der Waals surface area contributed by atoms with Crippen LogP contribution in [0.2, 0.25) is 0 Å². The molecule has 2 rings (SSSR count). The third-order valence-corrected chi connectivity index (χ3v) is 6.44. The van der Waals surface area contributed by atoms with Crippen molar-refractivity contribution in [3.8, 4) is 0 Å². The monoisotopic (exact) mass is 353 g/mol. The first-order valence-electron chi connectivity index (χ1n) is 8.36. The van der Waals surface area contributed by atoms with Gasteiger partial charge in [-0.25, -0.2) is 8.42 Å². The minimum atomic E-state index is -3.57. The normalized spacial score (nSPS) is 18.3. The predicted molar refractivity (Wildman–Crippen MR) is 94.7 cm³/mol. The average Bonchev–Trinajstić information content (AvgIpc) is 2.55. The number of carbonyl (C=O) groups excluding carboxylic acids is 1. The molecule has 0 aliphatic carbocycles. The predicted octanol–water partition coefficient (Wildman–Crippen LogP) is 1.46. The quantitative estimate of drug-likeness (QED) is 0.870. The fourth-order valence-corrected chi connectivity index (χ4v) is 4.04. The zero-order valence-electron chi connectivity index (χ0n) is 14.9. The van der Waals surface area contributed by atoms with E-state index in [1.165, 1.54) is 10.4 Å². The lowest BCUT2D eigenvalue weighted by molar-refractivity contribution is 0.0938. The smallest absolute Gasteiger partial charge is 0.251 e. The van der Waals surface area contributed by atoms with Gasteiger partial charge in [0.05, 0.1) is 4.90 Å². The van der Waals surface area contributed by atoms with Crippen LogP contribution in [0.3, 0.4) is 0 Å². The molecular weight excluding hydrogens is 326 g/mol. The Morgan fingerprint density at radius 2 is 1.88 bits per heavy atom. The van der Waals surface area contributed by atoms with E-state index in [1.54, 1.807) is 12.1 Å². The van der Waals surface area contributed by atoms with Crippen molar-refractivity contribution >= 4 is 15.9 Å². The van der Waals surface area contributed by atoms with Crippen molar-refractivity contribution < 1.29 is 13.2 Å². The van der Waals surface area contributed by atoms with Crippen molar-refractivity contribution in [3.05, 3.63) is 29.3 Å². The fourth-order valence-electron chi connectivity index (χ4n) is 2.59. The van der Waals surface area contributed by atoms with Gasteiger partial charge in [-0.1, -0.05) is 13.0 Å². The molecule has 1 heterocycles. The Kier molecular flexibility index (Phi) is 6.01. The molecule has 24 heavy (non-hydrogen) atoms. The zero-order chi connectivity index (χ0) is 17.9. The molecule has 0 saturated carbocycles. The van der Waals surface area contributed by atoms with E-state index in [0.717, 1.165) is 12.0 Å². The molecule has 0 aromatic heterocycles. The second-order valence-electron chi connectivity index (χ2n) is 6.47. The van der Waals surface area contributed by atoms with Gasteiger partial charge >= 0.3 is 0 Å².